The summed E-state index contributed by atoms with van der Waals surface area (Å²) in [7, 11) is 1.58. The summed E-state index contributed by atoms with van der Waals surface area (Å²) in [6, 6.07) is 14.6. The van der Waals surface area contributed by atoms with E-state index in [-0.39, 0.29) is 37.1 Å². The molecule has 0 saturated carbocycles. The smallest absolute Gasteiger partial charge is 0.228 e. The van der Waals surface area contributed by atoms with E-state index >= 15 is 0 Å². The molecule has 1 saturated heterocycles. The van der Waals surface area contributed by atoms with Crippen molar-refractivity contribution in [2.45, 2.75) is 12.8 Å². The van der Waals surface area contributed by atoms with E-state index in [9.17, 15) is 14.4 Å². The van der Waals surface area contributed by atoms with Gasteiger partial charge in [0.2, 0.25) is 23.7 Å². The molecule has 1 fully saturated rings. The van der Waals surface area contributed by atoms with Gasteiger partial charge in [0.25, 0.3) is 0 Å². The Morgan fingerprint density at radius 2 is 1.97 bits per heavy atom. The van der Waals surface area contributed by atoms with Crippen molar-refractivity contribution in [1.82, 2.24) is 15.3 Å². The van der Waals surface area contributed by atoms with E-state index in [0.717, 1.165) is 16.7 Å². The number of benzene rings is 2. The minimum absolute atomic E-state index is 0.103. The molecule has 9 nitrogen and oxygen atoms in total. The van der Waals surface area contributed by atoms with Gasteiger partial charge in [-0.1, -0.05) is 12.1 Å². The van der Waals surface area contributed by atoms with E-state index in [0.29, 0.717) is 18.2 Å². The summed E-state index contributed by atoms with van der Waals surface area (Å²) < 4.78 is 5.13. The van der Waals surface area contributed by atoms with Crippen LogP contribution in [0.15, 0.2) is 48.5 Å². The Morgan fingerprint density at radius 3 is 2.71 bits per heavy atom. The lowest BCUT2D eigenvalue weighted by atomic mass is 10.1. The molecular formula is C22H23N5O4. The van der Waals surface area contributed by atoms with Gasteiger partial charge in [-0.25, -0.2) is 4.98 Å². The van der Waals surface area contributed by atoms with Gasteiger partial charge < -0.3 is 19.9 Å². The summed E-state index contributed by atoms with van der Waals surface area (Å²) >= 11 is 0. The van der Waals surface area contributed by atoms with E-state index < -0.39 is 5.92 Å². The third-order valence-corrected chi connectivity index (χ3v) is 5.18. The molecular weight excluding hydrogens is 398 g/mol. The average molecular weight is 421 g/mol. The number of rotatable bonds is 7. The zero-order valence-corrected chi connectivity index (χ0v) is 17.1. The predicted octanol–water partition coefficient (Wildman–Crippen LogP) is 2.07. The zero-order chi connectivity index (χ0) is 21.8. The van der Waals surface area contributed by atoms with Crippen molar-refractivity contribution in [2.75, 3.05) is 30.4 Å². The Kier molecular flexibility index (Phi) is 5.83. The topological polar surface area (TPSA) is 116 Å². The number of methoxy groups -OCH3 is 1. The maximum absolute atomic E-state index is 12.5. The van der Waals surface area contributed by atoms with Crippen LogP contribution in [0.25, 0.3) is 11.0 Å². The lowest BCUT2D eigenvalue weighted by molar-refractivity contribution is -0.126. The molecule has 3 aromatic rings. The summed E-state index contributed by atoms with van der Waals surface area (Å²) in [6.07, 6.45) is 0.245. The predicted molar refractivity (Wildman–Crippen MR) is 116 cm³/mol. The van der Waals surface area contributed by atoms with Crippen molar-refractivity contribution in [3.8, 4) is 5.75 Å². The molecule has 1 atom stereocenters. The standard InChI is InChI=1S/C22H23N5O4/c1-31-16-8-6-15(7-9-16)27-13-14(12-20(27)29)21(30)23-11-10-19(28)26-22-24-17-4-2-3-5-18(17)25-22/h2-9,14H,10-13H2,1H3,(H,23,30)(H2,24,25,26,28). The Bertz CT molecular complexity index is 1080. The lowest BCUT2D eigenvalue weighted by Gasteiger charge is -2.17. The van der Waals surface area contributed by atoms with Crippen LogP contribution in [0.4, 0.5) is 11.6 Å². The first-order valence-corrected chi connectivity index (χ1v) is 10.00. The van der Waals surface area contributed by atoms with Crippen LogP contribution in [0.5, 0.6) is 5.75 Å². The van der Waals surface area contributed by atoms with E-state index in [4.69, 9.17) is 4.74 Å². The molecule has 1 aromatic heterocycles. The second kappa shape index (κ2) is 8.86. The quantitative estimate of drug-likeness (QED) is 0.540. The van der Waals surface area contributed by atoms with Gasteiger partial charge in [0.1, 0.15) is 5.75 Å². The summed E-state index contributed by atoms with van der Waals surface area (Å²) in [5.41, 5.74) is 2.32. The van der Waals surface area contributed by atoms with E-state index in [1.54, 1.807) is 36.3 Å². The molecule has 3 amide bonds. The molecule has 1 aliphatic rings. The first-order valence-electron chi connectivity index (χ1n) is 10.00. The number of hydrogen-bond acceptors (Lipinski definition) is 5. The minimum Gasteiger partial charge on any atom is -0.497 e. The second-order valence-electron chi connectivity index (χ2n) is 7.30. The average Bonchev–Trinajstić information content (AvgIpc) is 3.36. The van der Waals surface area contributed by atoms with Crippen molar-refractivity contribution in [1.29, 1.82) is 0 Å². The van der Waals surface area contributed by atoms with E-state index in [1.165, 1.54) is 0 Å². The van der Waals surface area contributed by atoms with Gasteiger partial charge >= 0.3 is 0 Å². The molecule has 3 N–H and O–H groups in total. The molecule has 0 aliphatic carbocycles. The second-order valence-corrected chi connectivity index (χ2v) is 7.30. The first-order chi connectivity index (χ1) is 15.0. The molecule has 9 heteroatoms. The van der Waals surface area contributed by atoms with Crippen LogP contribution in [0, 0.1) is 5.92 Å². The monoisotopic (exact) mass is 421 g/mol. The van der Waals surface area contributed by atoms with Crippen molar-refractivity contribution in [2.24, 2.45) is 5.92 Å². The van der Waals surface area contributed by atoms with Crippen molar-refractivity contribution in [3.05, 3.63) is 48.5 Å². The molecule has 0 radical (unpaired) electrons. The first kappa shape index (κ1) is 20.4. The van der Waals surface area contributed by atoms with Crippen molar-refractivity contribution >= 4 is 40.4 Å². The van der Waals surface area contributed by atoms with Crippen LogP contribution in [0.3, 0.4) is 0 Å². The molecule has 0 bridgehead atoms. The third-order valence-electron chi connectivity index (χ3n) is 5.18. The maximum atomic E-state index is 12.5. The van der Waals surface area contributed by atoms with E-state index in [1.807, 2.05) is 24.3 Å². The number of anilines is 2. The highest BCUT2D eigenvalue weighted by Gasteiger charge is 2.35. The molecule has 1 aliphatic heterocycles. The largest absolute Gasteiger partial charge is 0.497 e. The summed E-state index contributed by atoms with van der Waals surface area (Å²) in [5.74, 6) is 0.0169. The number of ether oxygens (including phenoxy) is 1. The number of fused-ring (bicyclic) bond motifs is 1. The molecule has 4 rings (SSSR count). The number of imidazole rings is 1. The van der Waals surface area contributed by atoms with Gasteiger partial charge in [-0.15, -0.1) is 0 Å². The van der Waals surface area contributed by atoms with Crippen LogP contribution in [-0.2, 0) is 14.4 Å². The minimum atomic E-state index is -0.451. The third kappa shape index (κ3) is 4.66. The number of nitrogens with one attached hydrogen (secondary N) is 3. The Morgan fingerprint density at radius 1 is 1.19 bits per heavy atom. The fourth-order valence-corrected chi connectivity index (χ4v) is 3.55. The molecule has 160 valence electrons. The van der Waals surface area contributed by atoms with Crippen LogP contribution in [0.1, 0.15) is 12.8 Å². The summed E-state index contributed by atoms with van der Waals surface area (Å²) in [5, 5.41) is 5.44. The molecule has 0 spiro atoms. The number of H-pyrrole nitrogens is 1. The van der Waals surface area contributed by atoms with Gasteiger partial charge in [-0.2, -0.15) is 0 Å². The number of aromatic nitrogens is 2. The lowest BCUT2D eigenvalue weighted by Crippen LogP contribution is -2.34. The zero-order valence-electron chi connectivity index (χ0n) is 17.1. The normalized spacial score (nSPS) is 15.8. The van der Waals surface area contributed by atoms with Crippen LogP contribution in [0.2, 0.25) is 0 Å². The SMILES string of the molecule is COc1ccc(N2CC(C(=O)NCCC(=O)Nc3nc4ccccc4[nH]3)CC2=O)cc1. The molecule has 1 unspecified atom stereocenters. The van der Waals surface area contributed by atoms with Gasteiger partial charge in [0, 0.05) is 31.6 Å². The van der Waals surface area contributed by atoms with Crippen LogP contribution < -0.4 is 20.3 Å². The number of aromatic amines is 1. The molecule has 31 heavy (non-hydrogen) atoms. The Balaban J connectivity index is 1.24. The maximum Gasteiger partial charge on any atom is 0.228 e. The van der Waals surface area contributed by atoms with Gasteiger partial charge in [0.15, 0.2) is 0 Å². The number of carbonyl (C=O) groups is 3. The highest BCUT2D eigenvalue weighted by Crippen LogP contribution is 2.26. The van der Waals surface area contributed by atoms with Crippen molar-refractivity contribution in [3.63, 3.8) is 0 Å². The fraction of sp³-hybridized carbons (Fsp3) is 0.273. The number of carbonyl (C=O) groups excluding carboxylic acids is 3. The fourth-order valence-electron chi connectivity index (χ4n) is 3.55. The van der Waals surface area contributed by atoms with Gasteiger partial charge in [-0.3, -0.25) is 19.7 Å². The molecule has 2 aromatic carbocycles. The summed E-state index contributed by atoms with van der Waals surface area (Å²) in [4.78, 5) is 45.9. The van der Waals surface area contributed by atoms with Crippen LogP contribution >= 0.6 is 0 Å². The van der Waals surface area contributed by atoms with E-state index in [2.05, 4.69) is 20.6 Å². The number of para-hydroxylation sites is 2. The Labute approximate surface area is 178 Å². The van der Waals surface area contributed by atoms with Gasteiger partial charge in [-0.05, 0) is 36.4 Å². The highest BCUT2D eigenvalue weighted by molar-refractivity contribution is 6.00. The summed E-state index contributed by atoms with van der Waals surface area (Å²) in [6.45, 7) is 0.486. The Hall–Kier alpha value is -3.88. The number of amides is 3. The molecule has 2 heterocycles. The highest BCUT2D eigenvalue weighted by atomic mass is 16.5. The van der Waals surface area contributed by atoms with Crippen molar-refractivity contribution < 1.29 is 19.1 Å². The van der Waals surface area contributed by atoms with Crippen LogP contribution in [-0.4, -0.2) is 47.9 Å². The van der Waals surface area contributed by atoms with Gasteiger partial charge in [0.05, 0.1) is 24.1 Å². The number of nitrogens with zero attached hydrogens (tertiary/aromatic N) is 2. The number of hydrogen-bond donors (Lipinski definition) is 3.